The number of alkyl halides is 1. The van der Waals surface area contributed by atoms with Crippen LogP contribution in [0.4, 0.5) is 5.69 Å². The molecule has 0 unspecified atom stereocenters. The highest BCUT2D eigenvalue weighted by Gasteiger charge is 2.20. The fourth-order valence-electron chi connectivity index (χ4n) is 1.39. The summed E-state index contributed by atoms with van der Waals surface area (Å²) >= 11 is 5.67. The average molecular weight is 321 g/mol. The molecule has 0 saturated carbocycles. The highest BCUT2D eigenvalue weighted by Crippen LogP contribution is 2.28. The van der Waals surface area contributed by atoms with Crippen molar-refractivity contribution < 1.29 is 17.9 Å². The van der Waals surface area contributed by atoms with Crippen molar-refractivity contribution >= 4 is 33.2 Å². The smallest absolute Gasteiger partial charge is 0.242 e. The molecule has 1 aromatic rings. The third-order valence-electron chi connectivity index (χ3n) is 2.57. The van der Waals surface area contributed by atoms with E-state index in [-0.39, 0.29) is 10.6 Å². The first-order valence-corrected chi connectivity index (χ1v) is 7.63. The molecule has 1 N–H and O–H groups in total. The molecule has 20 heavy (non-hydrogen) atoms. The molecule has 1 rings (SSSR count). The van der Waals surface area contributed by atoms with Crippen molar-refractivity contribution in [3.8, 4) is 5.75 Å². The van der Waals surface area contributed by atoms with Gasteiger partial charge in [-0.25, -0.2) is 12.7 Å². The van der Waals surface area contributed by atoms with Crippen molar-refractivity contribution in [2.24, 2.45) is 0 Å². The van der Waals surface area contributed by atoms with E-state index in [4.69, 9.17) is 16.3 Å². The van der Waals surface area contributed by atoms with Crippen LogP contribution >= 0.6 is 11.6 Å². The van der Waals surface area contributed by atoms with Gasteiger partial charge in [0.05, 0.1) is 17.7 Å². The van der Waals surface area contributed by atoms with Crippen LogP contribution in [-0.4, -0.2) is 45.2 Å². The van der Waals surface area contributed by atoms with Gasteiger partial charge in [0.1, 0.15) is 11.1 Å². The number of methoxy groups -OCH3 is 1. The number of nitrogens with one attached hydrogen (secondary N) is 1. The molecule has 0 saturated heterocycles. The minimum absolute atomic E-state index is 0.0563. The zero-order chi connectivity index (χ0) is 15.5. The molecule has 1 amide bonds. The third kappa shape index (κ3) is 3.62. The molecular formula is C12H17ClN2O4S. The molecule has 0 spiro atoms. The van der Waals surface area contributed by atoms with Crippen LogP contribution in [0.15, 0.2) is 23.1 Å². The Kier molecular flexibility index (Phi) is 5.38. The fraction of sp³-hybridized carbons (Fsp3) is 0.417. The van der Waals surface area contributed by atoms with Crippen molar-refractivity contribution in [2.45, 2.75) is 17.2 Å². The van der Waals surface area contributed by atoms with Crippen LogP contribution in [0.25, 0.3) is 0 Å². The zero-order valence-corrected chi connectivity index (χ0v) is 13.2. The van der Waals surface area contributed by atoms with Crippen molar-refractivity contribution in [1.82, 2.24) is 4.31 Å². The van der Waals surface area contributed by atoms with Crippen molar-refractivity contribution in [3.63, 3.8) is 0 Å². The molecule has 0 bridgehead atoms. The van der Waals surface area contributed by atoms with E-state index >= 15 is 0 Å². The monoisotopic (exact) mass is 320 g/mol. The lowest BCUT2D eigenvalue weighted by Crippen LogP contribution is -2.23. The topological polar surface area (TPSA) is 75.7 Å². The summed E-state index contributed by atoms with van der Waals surface area (Å²) in [6.07, 6.45) is 0. The standard InChI is InChI=1S/C12H17ClN2O4S/c1-8(13)12(16)14-10-7-9(5-6-11(10)19-4)20(17,18)15(2)3/h5-8H,1-4H3,(H,14,16)/t8-/m0/s1. The van der Waals surface area contributed by atoms with Gasteiger partial charge in [0.15, 0.2) is 0 Å². The summed E-state index contributed by atoms with van der Waals surface area (Å²) in [7, 11) is 0.697. The first-order valence-electron chi connectivity index (χ1n) is 5.75. The van der Waals surface area contributed by atoms with Gasteiger partial charge in [0.25, 0.3) is 0 Å². The predicted molar refractivity (Wildman–Crippen MR) is 77.8 cm³/mol. The molecule has 0 aliphatic heterocycles. The molecule has 0 radical (unpaired) electrons. The normalized spacial score (nSPS) is 13.1. The van der Waals surface area contributed by atoms with E-state index in [0.717, 1.165) is 4.31 Å². The number of halogens is 1. The number of amides is 1. The third-order valence-corrected chi connectivity index (χ3v) is 4.58. The molecule has 0 aromatic heterocycles. The molecule has 6 nitrogen and oxygen atoms in total. The van der Waals surface area contributed by atoms with Gasteiger partial charge in [-0.1, -0.05) is 0 Å². The lowest BCUT2D eigenvalue weighted by atomic mass is 10.3. The number of hydrogen-bond acceptors (Lipinski definition) is 4. The molecule has 0 fully saturated rings. The summed E-state index contributed by atoms with van der Waals surface area (Å²) in [6.45, 7) is 1.52. The van der Waals surface area contributed by atoms with Gasteiger partial charge in [-0.2, -0.15) is 0 Å². The van der Waals surface area contributed by atoms with Crippen LogP contribution in [0, 0.1) is 0 Å². The van der Waals surface area contributed by atoms with Gasteiger partial charge in [-0.15, -0.1) is 11.6 Å². The van der Waals surface area contributed by atoms with Crippen LogP contribution < -0.4 is 10.1 Å². The van der Waals surface area contributed by atoms with Gasteiger partial charge in [0, 0.05) is 14.1 Å². The number of benzene rings is 1. The molecule has 0 aliphatic rings. The minimum Gasteiger partial charge on any atom is -0.495 e. The molecule has 112 valence electrons. The SMILES string of the molecule is COc1ccc(S(=O)(=O)N(C)C)cc1NC(=O)[C@H](C)Cl. The van der Waals surface area contributed by atoms with Crippen molar-refractivity contribution in [2.75, 3.05) is 26.5 Å². The quantitative estimate of drug-likeness (QED) is 0.834. The Balaban J connectivity index is 3.26. The molecule has 1 atom stereocenters. The number of sulfonamides is 1. The van der Waals surface area contributed by atoms with Crippen LogP contribution in [0.2, 0.25) is 0 Å². The Labute approximate surface area is 123 Å². The van der Waals surface area contributed by atoms with E-state index in [9.17, 15) is 13.2 Å². The van der Waals surface area contributed by atoms with E-state index in [2.05, 4.69) is 5.32 Å². The van der Waals surface area contributed by atoms with E-state index in [1.54, 1.807) is 0 Å². The van der Waals surface area contributed by atoms with Gasteiger partial charge >= 0.3 is 0 Å². The Bertz CT molecular complexity index is 599. The molecule has 0 aliphatic carbocycles. The highest BCUT2D eigenvalue weighted by molar-refractivity contribution is 7.89. The van der Waals surface area contributed by atoms with Crippen LogP contribution in [0.1, 0.15) is 6.92 Å². The van der Waals surface area contributed by atoms with E-state index in [1.165, 1.54) is 46.3 Å². The summed E-state index contributed by atoms with van der Waals surface area (Å²) in [5.41, 5.74) is 0.257. The summed E-state index contributed by atoms with van der Waals surface area (Å²) in [5, 5.41) is 1.79. The maximum atomic E-state index is 12.0. The van der Waals surface area contributed by atoms with Crippen LogP contribution in [0.3, 0.4) is 0 Å². The molecule has 0 heterocycles. The maximum Gasteiger partial charge on any atom is 0.242 e. The number of hydrogen-bond donors (Lipinski definition) is 1. The number of rotatable bonds is 5. The minimum atomic E-state index is -3.59. The Morgan fingerprint density at radius 2 is 2.00 bits per heavy atom. The Morgan fingerprint density at radius 1 is 1.40 bits per heavy atom. The zero-order valence-electron chi connectivity index (χ0n) is 11.7. The average Bonchev–Trinajstić information content (AvgIpc) is 2.38. The van der Waals surface area contributed by atoms with Crippen molar-refractivity contribution in [3.05, 3.63) is 18.2 Å². The second-order valence-electron chi connectivity index (χ2n) is 4.25. The largest absolute Gasteiger partial charge is 0.495 e. The van der Waals surface area contributed by atoms with Gasteiger partial charge in [-0.3, -0.25) is 4.79 Å². The first kappa shape index (κ1) is 16.7. The summed E-state index contributed by atoms with van der Waals surface area (Å²) < 4.78 is 30.3. The van der Waals surface area contributed by atoms with Gasteiger partial charge in [0.2, 0.25) is 15.9 Å². The van der Waals surface area contributed by atoms with Crippen LogP contribution in [0.5, 0.6) is 5.75 Å². The molecular weight excluding hydrogens is 304 g/mol. The van der Waals surface area contributed by atoms with Gasteiger partial charge < -0.3 is 10.1 Å². The number of anilines is 1. The van der Waals surface area contributed by atoms with Crippen molar-refractivity contribution in [1.29, 1.82) is 0 Å². The summed E-state index contributed by atoms with van der Waals surface area (Å²) in [5.74, 6) is -0.0854. The summed E-state index contributed by atoms with van der Waals surface area (Å²) in [6, 6.07) is 4.23. The fourth-order valence-corrected chi connectivity index (χ4v) is 2.37. The van der Waals surface area contributed by atoms with E-state index in [1.807, 2.05) is 0 Å². The summed E-state index contributed by atoms with van der Waals surface area (Å²) in [4.78, 5) is 11.7. The Hall–Kier alpha value is -1.31. The van der Waals surface area contributed by atoms with E-state index < -0.39 is 21.3 Å². The second-order valence-corrected chi connectivity index (χ2v) is 7.06. The number of ether oxygens (including phenoxy) is 1. The second kappa shape index (κ2) is 6.43. The number of carbonyl (C=O) groups excluding carboxylic acids is 1. The Morgan fingerprint density at radius 3 is 2.45 bits per heavy atom. The number of carbonyl (C=O) groups is 1. The highest BCUT2D eigenvalue weighted by atomic mass is 35.5. The molecule has 1 aromatic carbocycles. The predicted octanol–water partition coefficient (Wildman–Crippen LogP) is 1.51. The van der Waals surface area contributed by atoms with E-state index in [0.29, 0.717) is 5.75 Å². The maximum absolute atomic E-state index is 12.0. The lowest BCUT2D eigenvalue weighted by molar-refractivity contribution is -0.115. The van der Waals surface area contributed by atoms with Gasteiger partial charge in [-0.05, 0) is 25.1 Å². The molecule has 8 heteroatoms. The lowest BCUT2D eigenvalue weighted by Gasteiger charge is -2.15. The number of nitrogens with zero attached hydrogens (tertiary/aromatic N) is 1. The first-order chi connectivity index (χ1) is 9.20. The van der Waals surface area contributed by atoms with Crippen LogP contribution in [-0.2, 0) is 14.8 Å².